The van der Waals surface area contributed by atoms with Crippen LogP contribution in [0.4, 0.5) is 0 Å². The lowest BCUT2D eigenvalue weighted by atomic mass is 9.77. The Morgan fingerprint density at radius 1 is 1.17 bits per heavy atom. The largest absolute Gasteiger partial charge is 0.465 e. The average molecular weight is 258 g/mol. The van der Waals surface area contributed by atoms with Gasteiger partial charge in [0.25, 0.3) is 0 Å². The van der Waals surface area contributed by atoms with E-state index in [4.69, 9.17) is 4.74 Å². The lowest BCUT2D eigenvalue weighted by molar-refractivity contribution is -0.154. The minimum absolute atomic E-state index is 0.000422. The summed E-state index contributed by atoms with van der Waals surface area (Å²) in [4.78, 5) is 11.7. The van der Waals surface area contributed by atoms with Crippen molar-refractivity contribution < 1.29 is 14.6 Å². The third-order valence-electron chi connectivity index (χ3n) is 4.37. The summed E-state index contributed by atoms with van der Waals surface area (Å²) in [7, 11) is 0. The molecule has 0 radical (unpaired) electrons. The van der Waals surface area contributed by atoms with E-state index in [1.807, 2.05) is 34.6 Å². The maximum absolute atomic E-state index is 11.7. The van der Waals surface area contributed by atoms with Crippen molar-refractivity contribution in [1.29, 1.82) is 0 Å². The van der Waals surface area contributed by atoms with Crippen molar-refractivity contribution in [3.05, 3.63) is 0 Å². The van der Waals surface area contributed by atoms with Crippen LogP contribution in [0.3, 0.4) is 0 Å². The van der Waals surface area contributed by atoms with E-state index in [1.54, 1.807) is 0 Å². The summed E-state index contributed by atoms with van der Waals surface area (Å²) < 4.78 is 5.33. The van der Waals surface area contributed by atoms with E-state index in [1.165, 1.54) is 0 Å². The molecule has 0 aromatic rings. The van der Waals surface area contributed by atoms with Crippen molar-refractivity contribution in [3.63, 3.8) is 0 Å². The summed E-state index contributed by atoms with van der Waals surface area (Å²) in [5.41, 5.74) is -0.779. The highest BCUT2D eigenvalue weighted by molar-refractivity contribution is 5.71. The molecule has 0 aromatic carbocycles. The van der Waals surface area contributed by atoms with Crippen LogP contribution in [0, 0.1) is 17.8 Å². The second-order valence-corrected chi connectivity index (χ2v) is 5.58. The van der Waals surface area contributed by atoms with Crippen LogP contribution in [0.2, 0.25) is 0 Å². The van der Waals surface area contributed by atoms with Crippen molar-refractivity contribution in [2.75, 3.05) is 6.61 Å². The first-order valence-corrected chi connectivity index (χ1v) is 7.20. The van der Waals surface area contributed by atoms with Crippen LogP contribution in [0.15, 0.2) is 0 Å². The molecule has 0 saturated heterocycles. The number of esters is 1. The number of carbonyl (C=O) groups excluding carboxylic acids is 1. The minimum atomic E-state index is -0.779. The monoisotopic (exact) mass is 258 g/mol. The fourth-order valence-corrected chi connectivity index (χ4v) is 2.01. The van der Waals surface area contributed by atoms with Gasteiger partial charge in [-0.25, -0.2) is 0 Å². The lowest BCUT2D eigenvalue weighted by Gasteiger charge is -2.37. The van der Waals surface area contributed by atoms with Crippen molar-refractivity contribution in [2.24, 2.45) is 17.8 Å². The van der Waals surface area contributed by atoms with E-state index >= 15 is 0 Å². The van der Waals surface area contributed by atoms with Crippen LogP contribution < -0.4 is 0 Å². The third kappa shape index (κ3) is 4.60. The molecule has 0 spiro atoms. The molecule has 3 heteroatoms. The van der Waals surface area contributed by atoms with Crippen molar-refractivity contribution >= 4 is 5.97 Å². The van der Waals surface area contributed by atoms with E-state index in [0.29, 0.717) is 6.61 Å². The molecule has 108 valence electrons. The molecule has 0 aliphatic carbocycles. The molecule has 18 heavy (non-hydrogen) atoms. The zero-order valence-electron chi connectivity index (χ0n) is 12.8. The number of ether oxygens (including phenoxy) is 1. The van der Waals surface area contributed by atoms with Gasteiger partial charge in [0, 0.05) is 5.92 Å². The summed E-state index contributed by atoms with van der Waals surface area (Å²) in [5.74, 6) is -0.0165. The zero-order chi connectivity index (χ0) is 14.3. The number of aliphatic hydroxyl groups is 1. The molecule has 3 nitrogen and oxygen atoms in total. The predicted molar refractivity (Wildman–Crippen MR) is 74.3 cm³/mol. The first kappa shape index (κ1) is 17.4. The molecule has 0 bridgehead atoms. The Balaban J connectivity index is 4.48. The summed E-state index contributed by atoms with van der Waals surface area (Å²) in [6, 6.07) is 0. The highest BCUT2D eigenvalue weighted by Crippen LogP contribution is 2.31. The summed E-state index contributed by atoms with van der Waals surface area (Å²) in [5, 5.41) is 10.6. The van der Waals surface area contributed by atoms with Gasteiger partial charge in [-0.1, -0.05) is 41.0 Å². The van der Waals surface area contributed by atoms with Gasteiger partial charge in [-0.05, 0) is 25.7 Å². The van der Waals surface area contributed by atoms with Gasteiger partial charge in [0.1, 0.15) is 0 Å². The fraction of sp³-hybridized carbons (Fsp3) is 0.933. The molecule has 0 aliphatic heterocycles. The Morgan fingerprint density at radius 2 is 1.72 bits per heavy atom. The summed E-state index contributed by atoms with van der Waals surface area (Å²) in [6.07, 6.45) is 2.52. The Hall–Kier alpha value is -0.570. The summed E-state index contributed by atoms with van der Waals surface area (Å²) >= 11 is 0. The van der Waals surface area contributed by atoms with Gasteiger partial charge in [0.2, 0.25) is 0 Å². The molecule has 4 unspecified atom stereocenters. The molecule has 0 fully saturated rings. The lowest BCUT2D eigenvalue weighted by Crippen LogP contribution is -2.43. The SMILES string of the molecule is CCC(C)C(=O)OCC(CC)C(C)(O)C(C)CC. The van der Waals surface area contributed by atoms with Crippen LogP contribution in [-0.4, -0.2) is 23.3 Å². The number of hydrogen-bond acceptors (Lipinski definition) is 3. The molecular formula is C15H30O3. The van der Waals surface area contributed by atoms with Gasteiger partial charge in [-0.15, -0.1) is 0 Å². The van der Waals surface area contributed by atoms with Gasteiger partial charge < -0.3 is 9.84 Å². The van der Waals surface area contributed by atoms with E-state index in [0.717, 1.165) is 19.3 Å². The quantitative estimate of drug-likeness (QED) is 0.679. The highest BCUT2D eigenvalue weighted by atomic mass is 16.5. The smallest absolute Gasteiger partial charge is 0.308 e. The standard InChI is InChI=1S/C15H30O3/c1-7-11(4)14(16)18-10-13(9-3)15(6,17)12(5)8-2/h11-13,17H,7-10H2,1-6H3. The Labute approximate surface area is 112 Å². The van der Waals surface area contributed by atoms with Crippen LogP contribution >= 0.6 is 0 Å². The topological polar surface area (TPSA) is 46.5 Å². The Morgan fingerprint density at radius 3 is 2.11 bits per heavy atom. The molecular weight excluding hydrogens is 228 g/mol. The van der Waals surface area contributed by atoms with Crippen molar-refractivity contribution in [3.8, 4) is 0 Å². The number of hydrogen-bond donors (Lipinski definition) is 1. The number of rotatable bonds is 8. The maximum atomic E-state index is 11.7. The molecule has 0 heterocycles. The van der Waals surface area contributed by atoms with Crippen molar-refractivity contribution in [2.45, 2.75) is 66.4 Å². The van der Waals surface area contributed by atoms with Gasteiger partial charge in [-0.3, -0.25) is 4.79 Å². The molecule has 0 rings (SSSR count). The van der Waals surface area contributed by atoms with Crippen LogP contribution in [0.1, 0.15) is 60.8 Å². The van der Waals surface area contributed by atoms with Gasteiger partial charge >= 0.3 is 5.97 Å². The Kier molecular flexibility index (Phi) is 7.53. The highest BCUT2D eigenvalue weighted by Gasteiger charge is 2.36. The normalized spacial score (nSPS) is 19.7. The average Bonchev–Trinajstić information content (AvgIpc) is 2.36. The van der Waals surface area contributed by atoms with Crippen LogP contribution in [0.5, 0.6) is 0 Å². The van der Waals surface area contributed by atoms with Gasteiger partial charge in [-0.2, -0.15) is 0 Å². The third-order valence-corrected chi connectivity index (χ3v) is 4.37. The molecule has 0 aliphatic rings. The predicted octanol–water partition coefficient (Wildman–Crippen LogP) is 3.40. The van der Waals surface area contributed by atoms with Gasteiger partial charge in [0.05, 0.1) is 18.1 Å². The fourth-order valence-electron chi connectivity index (χ4n) is 2.01. The molecule has 4 atom stereocenters. The van der Waals surface area contributed by atoms with E-state index < -0.39 is 5.60 Å². The second-order valence-electron chi connectivity index (χ2n) is 5.58. The van der Waals surface area contributed by atoms with E-state index in [-0.39, 0.29) is 23.7 Å². The van der Waals surface area contributed by atoms with Crippen LogP contribution in [0.25, 0.3) is 0 Å². The molecule has 1 N–H and O–H groups in total. The van der Waals surface area contributed by atoms with E-state index in [2.05, 4.69) is 6.92 Å². The minimum Gasteiger partial charge on any atom is -0.465 e. The molecule has 0 saturated carbocycles. The first-order chi connectivity index (χ1) is 8.31. The van der Waals surface area contributed by atoms with E-state index in [9.17, 15) is 9.90 Å². The summed E-state index contributed by atoms with van der Waals surface area (Å²) in [6.45, 7) is 12.1. The second kappa shape index (κ2) is 7.78. The van der Waals surface area contributed by atoms with Gasteiger partial charge in [0.15, 0.2) is 0 Å². The molecule has 0 aromatic heterocycles. The molecule has 0 amide bonds. The Bertz CT molecular complexity index is 248. The van der Waals surface area contributed by atoms with Crippen molar-refractivity contribution in [1.82, 2.24) is 0 Å². The number of carbonyl (C=O) groups is 1. The zero-order valence-corrected chi connectivity index (χ0v) is 12.8. The van der Waals surface area contributed by atoms with Crippen LogP contribution in [-0.2, 0) is 9.53 Å². The first-order valence-electron chi connectivity index (χ1n) is 7.20. The maximum Gasteiger partial charge on any atom is 0.308 e.